The molecule has 0 aromatic heterocycles. The molecule has 0 radical (unpaired) electrons. The third-order valence-electron chi connectivity index (χ3n) is 6.56. The fraction of sp³-hybridized carbons (Fsp3) is 0.571. The van der Waals surface area contributed by atoms with E-state index in [4.69, 9.17) is 14.7 Å². The van der Waals surface area contributed by atoms with Crippen molar-refractivity contribution in [3.05, 3.63) is 23.8 Å². The first kappa shape index (κ1) is 19.2. The van der Waals surface area contributed by atoms with Crippen LogP contribution in [0.2, 0.25) is 0 Å². The van der Waals surface area contributed by atoms with Crippen LogP contribution < -0.4 is 14.9 Å². The maximum absolute atomic E-state index is 12.2. The molecule has 27 heavy (non-hydrogen) atoms. The first-order valence-electron chi connectivity index (χ1n) is 9.47. The molecule has 2 fully saturated rings. The molecule has 2 aliphatic rings. The number of hydrogen-bond acceptors (Lipinski definition) is 5. The summed E-state index contributed by atoms with van der Waals surface area (Å²) in [6.45, 7) is 9.00. The topological polar surface area (TPSA) is 83.7 Å². The standard InChI is InChI=1S/C21H27N3O3/c1-5-26-17-10-14(12-22)6-7-16(17)27-13-19(25)24-23-18-11-15-8-9-21(18,4)20(15,2)3/h6-7,10,15H,5,8-9,11,13H2,1-4H3,(H,24,25)/b23-18+. The quantitative estimate of drug-likeness (QED) is 0.776. The Labute approximate surface area is 160 Å². The lowest BCUT2D eigenvalue weighted by molar-refractivity contribution is -0.123. The third-order valence-corrected chi connectivity index (χ3v) is 6.56. The van der Waals surface area contributed by atoms with Crippen molar-refractivity contribution in [1.29, 1.82) is 5.26 Å². The van der Waals surface area contributed by atoms with Gasteiger partial charge in [-0.1, -0.05) is 20.8 Å². The average molecular weight is 369 g/mol. The van der Waals surface area contributed by atoms with Crippen molar-refractivity contribution in [3.63, 3.8) is 0 Å². The zero-order valence-electron chi connectivity index (χ0n) is 16.5. The van der Waals surface area contributed by atoms with Crippen molar-refractivity contribution in [2.24, 2.45) is 21.8 Å². The molecule has 0 spiro atoms. The third kappa shape index (κ3) is 3.39. The van der Waals surface area contributed by atoms with E-state index in [1.807, 2.05) is 6.92 Å². The summed E-state index contributed by atoms with van der Waals surface area (Å²) < 4.78 is 11.1. The number of nitrogens with zero attached hydrogens (tertiary/aromatic N) is 2. The van der Waals surface area contributed by atoms with E-state index in [2.05, 4.69) is 37.4 Å². The van der Waals surface area contributed by atoms with Gasteiger partial charge in [0, 0.05) is 17.2 Å². The summed E-state index contributed by atoms with van der Waals surface area (Å²) in [7, 11) is 0. The van der Waals surface area contributed by atoms with Crippen molar-refractivity contribution in [2.75, 3.05) is 13.2 Å². The fourth-order valence-corrected chi connectivity index (χ4v) is 4.37. The van der Waals surface area contributed by atoms with Gasteiger partial charge in [0.05, 0.1) is 18.2 Å². The normalized spacial score (nSPS) is 26.6. The highest BCUT2D eigenvalue weighted by Gasteiger charge is 2.60. The summed E-state index contributed by atoms with van der Waals surface area (Å²) in [6, 6.07) is 6.94. The number of ether oxygens (including phenoxy) is 2. The van der Waals surface area contributed by atoms with E-state index in [1.54, 1.807) is 18.2 Å². The van der Waals surface area contributed by atoms with Crippen molar-refractivity contribution < 1.29 is 14.3 Å². The van der Waals surface area contributed by atoms with Crippen molar-refractivity contribution in [1.82, 2.24) is 5.43 Å². The van der Waals surface area contributed by atoms with Gasteiger partial charge in [-0.2, -0.15) is 10.4 Å². The second-order valence-corrected chi connectivity index (χ2v) is 8.08. The predicted octanol–water partition coefficient (Wildman–Crippen LogP) is 3.65. The molecule has 2 aliphatic carbocycles. The van der Waals surface area contributed by atoms with Crippen LogP contribution in [0, 0.1) is 28.1 Å². The molecule has 0 aliphatic heterocycles. The Kier molecular flexibility index (Phi) is 5.14. The molecule has 1 N–H and O–H groups in total. The summed E-state index contributed by atoms with van der Waals surface area (Å²) in [5, 5.41) is 13.4. The zero-order chi connectivity index (χ0) is 19.7. The number of rotatable bonds is 6. The lowest BCUT2D eigenvalue weighted by Gasteiger charge is -2.34. The number of nitriles is 1. The summed E-state index contributed by atoms with van der Waals surface area (Å²) in [5.74, 6) is 1.23. The van der Waals surface area contributed by atoms with Crippen LogP contribution in [0.25, 0.3) is 0 Å². The Morgan fingerprint density at radius 2 is 2.11 bits per heavy atom. The highest BCUT2D eigenvalue weighted by atomic mass is 16.5. The molecule has 2 saturated carbocycles. The van der Waals surface area contributed by atoms with Crippen LogP contribution in [0.15, 0.2) is 23.3 Å². The Morgan fingerprint density at radius 3 is 2.70 bits per heavy atom. The molecule has 2 unspecified atom stereocenters. The van der Waals surface area contributed by atoms with E-state index in [-0.39, 0.29) is 23.3 Å². The molecule has 3 rings (SSSR count). The van der Waals surface area contributed by atoms with E-state index in [0.29, 0.717) is 29.6 Å². The van der Waals surface area contributed by atoms with Crippen LogP contribution in [0.3, 0.4) is 0 Å². The summed E-state index contributed by atoms with van der Waals surface area (Å²) in [5.41, 5.74) is 4.50. The molecule has 1 amide bonds. The van der Waals surface area contributed by atoms with Gasteiger partial charge in [-0.25, -0.2) is 5.43 Å². The molecular weight excluding hydrogens is 342 g/mol. The maximum Gasteiger partial charge on any atom is 0.277 e. The van der Waals surface area contributed by atoms with Gasteiger partial charge < -0.3 is 9.47 Å². The molecule has 0 saturated heterocycles. The van der Waals surface area contributed by atoms with E-state index in [0.717, 1.165) is 18.6 Å². The molecule has 1 aromatic rings. The van der Waals surface area contributed by atoms with Gasteiger partial charge in [-0.05, 0) is 49.7 Å². The van der Waals surface area contributed by atoms with E-state index in [1.165, 1.54) is 6.42 Å². The van der Waals surface area contributed by atoms with E-state index < -0.39 is 0 Å². The van der Waals surface area contributed by atoms with Crippen molar-refractivity contribution in [2.45, 2.75) is 47.0 Å². The SMILES string of the molecule is CCOc1cc(C#N)ccc1OCC(=O)N/N=C1\CC2CCC1(C)C2(C)C. The summed E-state index contributed by atoms with van der Waals surface area (Å²) >= 11 is 0. The Balaban J connectivity index is 1.61. The average Bonchev–Trinajstić information content (AvgIpc) is 2.98. The number of carbonyl (C=O) groups excluding carboxylic acids is 1. The van der Waals surface area contributed by atoms with Crippen LogP contribution in [0.5, 0.6) is 11.5 Å². The number of hydrazone groups is 1. The highest BCUT2D eigenvalue weighted by Crippen LogP contribution is 2.63. The molecular formula is C21H27N3O3. The van der Waals surface area contributed by atoms with E-state index in [9.17, 15) is 4.79 Å². The molecule has 2 atom stereocenters. The first-order chi connectivity index (χ1) is 12.8. The van der Waals surface area contributed by atoms with Gasteiger partial charge in [0.2, 0.25) is 0 Å². The van der Waals surface area contributed by atoms with E-state index >= 15 is 0 Å². The largest absolute Gasteiger partial charge is 0.490 e. The number of carbonyl (C=O) groups is 1. The number of benzene rings is 1. The van der Waals surface area contributed by atoms with Gasteiger partial charge >= 0.3 is 0 Å². The Morgan fingerprint density at radius 1 is 1.33 bits per heavy atom. The van der Waals surface area contributed by atoms with Crippen LogP contribution in [-0.4, -0.2) is 24.8 Å². The second kappa shape index (κ2) is 7.22. The summed E-state index contributed by atoms with van der Waals surface area (Å²) in [6.07, 6.45) is 3.31. The minimum atomic E-state index is -0.307. The number of nitrogens with one attached hydrogen (secondary N) is 1. The molecule has 2 bridgehead atoms. The minimum absolute atomic E-state index is 0.0566. The number of hydrogen-bond donors (Lipinski definition) is 1. The minimum Gasteiger partial charge on any atom is -0.490 e. The van der Waals surface area contributed by atoms with Crippen LogP contribution in [0.4, 0.5) is 0 Å². The lowest BCUT2D eigenvalue weighted by Crippen LogP contribution is -2.35. The first-order valence-corrected chi connectivity index (χ1v) is 9.47. The van der Waals surface area contributed by atoms with Crippen molar-refractivity contribution >= 4 is 11.6 Å². The number of amides is 1. The van der Waals surface area contributed by atoms with Crippen LogP contribution >= 0.6 is 0 Å². The van der Waals surface area contributed by atoms with Gasteiger partial charge in [-0.15, -0.1) is 0 Å². The molecule has 0 heterocycles. The highest BCUT2D eigenvalue weighted by molar-refractivity contribution is 5.95. The zero-order valence-corrected chi connectivity index (χ0v) is 16.5. The predicted molar refractivity (Wildman–Crippen MR) is 103 cm³/mol. The molecule has 144 valence electrons. The molecule has 6 heteroatoms. The maximum atomic E-state index is 12.2. The Hall–Kier alpha value is -2.55. The van der Waals surface area contributed by atoms with Crippen LogP contribution in [-0.2, 0) is 4.79 Å². The Bertz CT molecular complexity index is 809. The lowest BCUT2D eigenvalue weighted by atomic mass is 9.70. The number of fused-ring (bicyclic) bond motifs is 2. The smallest absolute Gasteiger partial charge is 0.277 e. The fourth-order valence-electron chi connectivity index (χ4n) is 4.37. The monoisotopic (exact) mass is 369 g/mol. The molecule has 1 aromatic carbocycles. The second-order valence-electron chi connectivity index (χ2n) is 8.08. The van der Waals surface area contributed by atoms with Gasteiger partial charge in [0.1, 0.15) is 0 Å². The summed E-state index contributed by atoms with van der Waals surface area (Å²) in [4.78, 5) is 12.2. The van der Waals surface area contributed by atoms with Crippen LogP contribution in [0.1, 0.15) is 52.5 Å². The van der Waals surface area contributed by atoms with Crippen molar-refractivity contribution in [3.8, 4) is 17.6 Å². The van der Waals surface area contributed by atoms with Gasteiger partial charge in [0.25, 0.3) is 5.91 Å². The van der Waals surface area contributed by atoms with Gasteiger partial charge in [-0.3, -0.25) is 4.79 Å². The molecule has 6 nitrogen and oxygen atoms in total. The van der Waals surface area contributed by atoms with Gasteiger partial charge in [0.15, 0.2) is 18.1 Å².